The van der Waals surface area contributed by atoms with Gasteiger partial charge >= 0.3 is 5.51 Å². The maximum Gasteiger partial charge on any atom is 0.441 e. The number of thioether (sulfide) groups is 1. The zero-order valence-corrected chi connectivity index (χ0v) is 10.9. The molecule has 0 atom stereocenters. The van der Waals surface area contributed by atoms with Crippen LogP contribution in [0.3, 0.4) is 0 Å². The topological polar surface area (TPSA) is 37.8 Å². The Labute approximate surface area is 112 Å². The predicted octanol–water partition coefficient (Wildman–Crippen LogP) is 3.67. The summed E-state index contributed by atoms with van der Waals surface area (Å²) in [5, 5.41) is 3.14. The molecule has 18 heavy (non-hydrogen) atoms. The SMILES string of the molecule is FC(F)(F)SCCNc1cc(Cl)nc(C2CC2)n1. The van der Waals surface area contributed by atoms with Gasteiger partial charge in [-0.3, -0.25) is 0 Å². The predicted molar refractivity (Wildman–Crippen MR) is 66.0 cm³/mol. The first-order chi connectivity index (χ1) is 8.44. The molecule has 1 fully saturated rings. The average molecular weight is 298 g/mol. The van der Waals surface area contributed by atoms with Crippen molar-refractivity contribution in [1.29, 1.82) is 0 Å². The van der Waals surface area contributed by atoms with E-state index in [1.807, 2.05) is 0 Å². The Hall–Kier alpha value is -0.690. The Morgan fingerprint density at radius 1 is 1.39 bits per heavy atom. The number of rotatable bonds is 5. The molecule has 0 amide bonds. The average Bonchev–Trinajstić information content (AvgIpc) is 3.06. The van der Waals surface area contributed by atoms with Crippen LogP contribution in [0.4, 0.5) is 19.0 Å². The van der Waals surface area contributed by atoms with Crippen molar-refractivity contribution in [2.24, 2.45) is 0 Å². The first kappa shape index (κ1) is 13.7. The standard InChI is InChI=1S/C10H11ClF3N3S/c11-7-5-8(15-3-4-18-10(12,13)14)17-9(16-7)6-1-2-6/h5-6H,1-4H2,(H,15,16,17). The Kier molecular flexibility index (Phi) is 4.21. The molecular formula is C10H11ClF3N3S. The van der Waals surface area contributed by atoms with Gasteiger partial charge in [0.2, 0.25) is 0 Å². The van der Waals surface area contributed by atoms with Crippen molar-refractivity contribution in [3.8, 4) is 0 Å². The largest absolute Gasteiger partial charge is 0.441 e. The van der Waals surface area contributed by atoms with E-state index in [4.69, 9.17) is 11.6 Å². The minimum atomic E-state index is -4.19. The first-order valence-corrected chi connectivity index (χ1v) is 6.79. The number of hydrogen-bond acceptors (Lipinski definition) is 4. The molecule has 0 aromatic carbocycles. The summed E-state index contributed by atoms with van der Waals surface area (Å²) in [6.07, 6.45) is 2.09. The number of alkyl halides is 3. The summed E-state index contributed by atoms with van der Waals surface area (Å²) in [7, 11) is 0. The van der Waals surface area contributed by atoms with Gasteiger partial charge in [0.15, 0.2) is 0 Å². The van der Waals surface area contributed by atoms with Crippen molar-refractivity contribution in [2.45, 2.75) is 24.3 Å². The second-order valence-corrected chi connectivity index (χ2v) is 5.48. The number of aromatic nitrogens is 2. The van der Waals surface area contributed by atoms with Crippen molar-refractivity contribution in [2.75, 3.05) is 17.6 Å². The molecule has 0 spiro atoms. The Morgan fingerprint density at radius 2 is 2.11 bits per heavy atom. The molecule has 8 heteroatoms. The molecule has 0 bridgehead atoms. The second kappa shape index (κ2) is 5.52. The van der Waals surface area contributed by atoms with E-state index in [9.17, 15) is 13.2 Å². The number of hydrogen-bond donors (Lipinski definition) is 1. The molecular weight excluding hydrogens is 287 g/mol. The normalized spacial score (nSPS) is 15.8. The van der Waals surface area contributed by atoms with E-state index in [1.54, 1.807) is 0 Å². The fraction of sp³-hybridized carbons (Fsp3) is 0.600. The van der Waals surface area contributed by atoms with Crippen molar-refractivity contribution < 1.29 is 13.2 Å². The van der Waals surface area contributed by atoms with Gasteiger partial charge in [0.05, 0.1) is 0 Å². The van der Waals surface area contributed by atoms with Crippen LogP contribution in [0.1, 0.15) is 24.6 Å². The molecule has 1 heterocycles. The highest BCUT2D eigenvalue weighted by Crippen LogP contribution is 2.38. The zero-order valence-electron chi connectivity index (χ0n) is 9.30. The summed E-state index contributed by atoms with van der Waals surface area (Å²) in [5.41, 5.74) is -4.19. The van der Waals surface area contributed by atoms with Crippen molar-refractivity contribution in [3.63, 3.8) is 0 Å². The molecule has 0 aliphatic heterocycles. The molecule has 1 aliphatic rings. The van der Waals surface area contributed by atoms with Gasteiger partial charge in [-0.05, 0) is 24.6 Å². The van der Waals surface area contributed by atoms with Crippen molar-refractivity contribution in [3.05, 3.63) is 17.0 Å². The Morgan fingerprint density at radius 3 is 2.72 bits per heavy atom. The van der Waals surface area contributed by atoms with Crippen LogP contribution < -0.4 is 5.32 Å². The fourth-order valence-corrected chi connectivity index (χ4v) is 2.02. The molecule has 3 nitrogen and oxygen atoms in total. The van der Waals surface area contributed by atoms with E-state index >= 15 is 0 Å². The molecule has 0 radical (unpaired) electrons. The summed E-state index contributed by atoms with van der Waals surface area (Å²) in [6, 6.07) is 1.52. The van der Waals surface area contributed by atoms with Gasteiger partial charge in [-0.1, -0.05) is 11.6 Å². The third-order valence-corrected chi connectivity index (χ3v) is 3.26. The van der Waals surface area contributed by atoms with Crippen LogP contribution in [0.2, 0.25) is 5.15 Å². The van der Waals surface area contributed by atoms with E-state index in [-0.39, 0.29) is 24.1 Å². The molecule has 1 aromatic heterocycles. The van der Waals surface area contributed by atoms with Crippen molar-refractivity contribution in [1.82, 2.24) is 9.97 Å². The van der Waals surface area contributed by atoms with E-state index in [0.717, 1.165) is 12.8 Å². The second-order valence-electron chi connectivity index (χ2n) is 3.93. The molecule has 1 N–H and O–H groups in total. The monoisotopic (exact) mass is 297 g/mol. The summed E-state index contributed by atoms with van der Waals surface area (Å²) in [5.74, 6) is 1.45. The molecule has 0 unspecified atom stereocenters. The third kappa shape index (κ3) is 4.53. The highest BCUT2D eigenvalue weighted by Gasteiger charge is 2.28. The first-order valence-electron chi connectivity index (χ1n) is 5.43. The smallest absolute Gasteiger partial charge is 0.369 e. The lowest BCUT2D eigenvalue weighted by Gasteiger charge is -2.08. The van der Waals surface area contributed by atoms with Gasteiger partial charge in [-0.2, -0.15) is 13.2 Å². The van der Waals surface area contributed by atoms with Crippen LogP contribution in [0.5, 0.6) is 0 Å². The Bertz CT molecular complexity index is 423. The fourth-order valence-electron chi connectivity index (χ4n) is 1.40. The number of nitrogens with one attached hydrogen (secondary N) is 1. The zero-order chi connectivity index (χ0) is 13.2. The van der Waals surface area contributed by atoms with E-state index < -0.39 is 5.51 Å². The third-order valence-electron chi connectivity index (χ3n) is 2.33. The van der Waals surface area contributed by atoms with Crippen LogP contribution in [-0.4, -0.2) is 27.8 Å². The van der Waals surface area contributed by atoms with E-state index in [0.29, 0.717) is 22.7 Å². The summed E-state index contributed by atoms with van der Waals surface area (Å²) >= 11 is 5.77. The lowest BCUT2D eigenvalue weighted by atomic mass is 10.4. The quantitative estimate of drug-likeness (QED) is 0.665. The number of anilines is 1. The van der Waals surface area contributed by atoms with Crippen LogP contribution in [0.15, 0.2) is 6.07 Å². The molecule has 0 saturated heterocycles. The molecule has 1 aromatic rings. The summed E-state index contributed by atoms with van der Waals surface area (Å²) in [4.78, 5) is 8.32. The summed E-state index contributed by atoms with van der Waals surface area (Å²) < 4.78 is 35.7. The number of halogens is 4. The Balaban J connectivity index is 1.85. The van der Waals surface area contributed by atoms with Gasteiger partial charge in [0, 0.05) is 24.3 Å². The van der Waals surface area contributed by atoms with E-state index in [1.165, 1.54) is 6.07 Å². The minimum Gasteiger partial charge on any atom is -0.369 e. The van der Waals surface area contributed by atoms with Crippen molar-refractivity contribution >= 4 is 29.2 Å². The van der Waals surface area contributed by atoms with Crippen LogP contribution in [0, 0.1) is 0 Å². The molecule has 2 rings (SSSR count). The van der Waals surface area contributed by atoms with Crippen LogP contribution in [0.25, 0.3) is 0 Å². The highest BCUT2D eigenvalue weighted by atomic mass is 35.5. The van der Waals surface area contributed by atoms with Gasteiger partial charge in [-0.25, -0.2) is 9.97 Å². The van der Waals surface area contributed by atoms with E-state index in [2.05, 4.69) is 15.3 Å². The van der Waals surface area contributed by atoms with Crippen LogP contribution >= 0.6 is 23.4 Å². The lowest BCUT2D eigenvalue weighted by molar-refractivity contribution is -0.0327. The van der Waals surface area contributed by atoms with Crippen LogP contribution in [-0.2, 0) is 0 Å². The van der Waals surface area contributed by atoms with Gasteiger partial charge < -0.3 is 5.32 Å². The van der Waals surface area contributed by atoms with Gasteiger partial charge in [0.1, 0.15) is 16.8 Å². The molecule has 1 saturated carbocycles. The molecule has 1 aliphatic carbocycles. The van der Waals surface area contributed by atoms with Gasteiger partial charge in [0.25, 0.3) is 0 Å². The molecule has 100 valence electrons. The van der Waals surface area contributed by atoms with Gasteiger partial charge in [-0.15, -0.1) is 0 Å². The number of nitrogens with zero attached hydrogens (tertiary/aromatic N) is 2. The summed E-state index contributed by atoms with van der Waals surface area (Å²) in [6.45, 7) is 0.182. The minimum absolute atomic E-state index is 0.0590. The maximum absolute atomic E-state index is 11.9. The maximum atomic E-state index is 11.9. The lowest BCUT2D eigenvalue weighted by Crippen LogP contribution is -2.11. The highest BCUT2D eigenvalue weighted by molar-refractivity contribution is 8.00.